The number of hydrogen-bond donors (Lipinski definition) is 1. The van der Waals surface area contributed by atoms with Crippen molar-refractivity contribution in [3.05, 3.63) is 35.7 Å². The summed E-state index contributed by atoms with van der Waals surface area (Å²) in [5.74, 6) is 1.94. The van der Waals surface area contributed by atoms with Crippen LogP contribution in [-0.4, -0.2) is 15.1 Å². The molecule has 0 atom stereocenters. The second-order valence-corrected chi connectivity index (χ2v) is 5.90. The molecular weight excluding hydrogens is 250 g/mol. The summed E-state index contributed by atoms with van der Waals surface area (Å²) in [4.78, 5) is 4.32. The van der Waals surface area contributed by atoms with Crippen molar-refractivity contribution >= 4 is 29.0 Å². The molecule has 0 saturated carbocycles. The lowest BCUT2D eigenvalue weighted by molar-refractivity contribution is 0.932. The van der Waals surface area contributed by atoms with Gasteiger partial charge in [-0.05, 0) is 49.0 Å². The van der Waals surface area contributed by atoms with E-state index in [9.17, 15) is 0 Å². The van der Waals surface area contributed by atoms with Crippen LogP contribution in [0, 0.1) is 6.92 Å². The van der Waals surface area contributed by atoms with E-state index in [0.717, 1.165) is 34.4 Å². The molecule has 2 N–H and O–H groups in total. The van der Waals surface area contributed by atoms with Crippen LogP contribution >= 0.6 is 23.3 Å². The number of hydrogen-bond acceptors (Lipinski definition) is 5. The Hall–Kier alpha value is -1.07. The van der Waals surface area contributed by atoms with Crippen molar-refractivity contribution in [2.45, 2.75) is 24.1 Å². The molecule has 0 bridgehead atoms. The third kappa shape index (κ3) is 4.02. The molecule has 2 aromatic rings. The van der Waals surface area contributed by atoms with Crippen LogP contribution in [0.1, 0.15) is 17.8 Å². The highest BCUT2D eigenvalue weighted by Gasteiger charge is 2.01. The Bertz CT molecular complexity index is 482. The van der Waals surface area contributed by atoms with Crippen molar-refractivity contribution in [2.75, 3.05) is 11.5 Å². The second-order valence-electron chi connectivity index (χ2n) is 3.80. The Morgan fingerprint density at radius 2 is 2.29 bits per heavy atom. The fourth-order valence-corrected chi connectivity index (χ4v) is 3.18. The van der Waals surface area contributed by atoms with E-state index < -0.39 is 0 Å². The molecule has 17 heavy (non-hydrogen) atoms. The minimum absolute atomic E-state index is 0.843. The minimum atomic E-state index is 0.843. The number of aryl methyl sites for hydroxylation is 2. The van der Waals surface area contributed by atoms with Gasteiger partial charge < -0.3 is 5.73 Å². The Morgan fingerprint density at radius 3 is 3.00 bits per heavy atom. The van der Waals surface area contributed by atoms with Gasteiger partial charge in [0.25, 0.3) is 0 Å². The van der Waals surface area contributed by atoms with Gasteiger partial charge in [0.1, 0.15) is 5.82 Å². The molecule has 1 aromatic heterocycles. The molecule has 5 heteroatoms. The maximum atomic E-state index is 5.73. The third-order valence-corrected chi connectivity index (χ3v) is 4.31. The van der Waals surface area contributed by atoms with Crippen LogP contribution in [0.5, 0.6) is 0 Å². The maximum absolute atomic E-state index is 5.73. The molecule has 3 nitrogen and oxygen atoms in total. The number of nitrogens with two attached hydrogens (primary N) is 1. The number of nitrogen functional groups attached to an aromatic ring is 1. The van der Waals surface area contributed by atoms with Gasteiger partial charge in [-0.3, -0.25) is 0 Å². The molecule has 0 unspecified atom stereocenters. The lowest BCUT2D eigenvalue weighted by atomic mass is 10.1. The first kappa shape index (κ1) is 12.4. The Morgan fingerprint density at radius 1 is 1.41 bits per heavy atom. The van der Waals surface area contributed by atoms with Crippen molar-refractivity contribution in [1.29, 1.82) is 0 Å². The van der Waals surface area contributed by atoms with Gasteiger partial charge in [-0.2, -0.15) is 4.37 Å². The zero-order chi connectivity index (χ0) is 12.1. The van der Waals surface area contributed by atoms with Gasteiger partial charge in [0.2, 0.25) is 0 Å². The average Bonchev–Trinajstić information content (AvgIpc) is 2.71. The topological polar surface area (TPSA) is 51.8 Å². The van der Waals surface area contributed by atoms with Crippen molar-refractivity contribution in [3.8, 4) is 0 Å². The second kappa shape index (κ2) is 6.02. The van der Waals surface area contributed by atoms with Gasteiger partial charge in [0.05, 0.1) is 0 Å². The third-order valence-electron chi connectivity index (χ3n) is 2.30. The summed E-state index contributed by atoms with van der Waals surface area (Å²) in [6, 6.07) is 8.09. The summed E-state index contributed by atoms with van der Waals surface area (Å²) in [5, 5.41) is 0. The van der Waals surface area contributed by atoms with Gasteiger partial charge in [-0.25, -0.2) is 4.98 Å². The summed E-state index contributed by atoms with van der Waals surface area (Å²) in [5.41, 5.74) is 7.88. The summed E-state index contributed by atoms with van der Waals surface area (Å²) >= 11 is 3.26. The molecule has 1 aromatic carbocycles. The number of benzene rings is 1. The van der Waals surface area contributed by atoms with E-state index in [-0.39, 0.29) is 0 Å². The van der Waals surface area contributed by atoms with Crippen LogP contribution in [0.25, 0.3) is 0 Å². The van der Waals surface area contributed by atoms with E-state index in [1.807, 2.05) is 25.1 Å². The van der Waals surface area contributed by atoms with Crippen LogP contribution < -0.4 is 5.73 Å². The molecule has 0 spiro atoms. The SMILES string of the molecule is Cc1nsc(SCCCc2cccc(N)c2)n1. The molecule has 0 saturated heterocycles. The number of anilines is 1. The molecular formula is C12H15N3S2. The predicted octanol–water partition coefficient (Wildman–Crippen LogP) is 3.15. The maximum Gasteiger partial charge on any atom is 0.170 e. The number of rotatable bonds is 5. The first-order valence-electron chi connectivity index (χ1n) is 5.51. The standard InChI is InChI=1S/C12H15N3S2/c1-9-14-12(17-15-9)16-7-3-5-10-4-2-6-11(13)8-10/h2,4,6,8H,3,5,7,13H2,1H3. The molecule has 0 fully saturated rings. The van der Waals surface area contributed by atoms with Crippen molar-refractivity contribution in [1.82, 2.24) is 9.36 Å². The quantitative estimate of drug-likeness (QED) is 0.512. The smallest absolute Gasteiger partial charge is 0.170 e. The van der Waals surface area contributed by atoms with E-state index in [1.165, 1.54) is 17.1 Å². The van der Waals surface area contributed by atoms with E-state index in [1.54, 1.807) is 11.8 Å². The van der Waals surface area contributed by atoms with Crippen LogP contribution in [-0.2, 0) is 6.42 Å². The van der Waals surface area contributed by atoms with E-state index >= 15 is 0 Å². The summed E-state index contributed by atoms with van der Waals surface area (Å²) in [6.07, 6.45) is 2.20. The Labute approximate surface area is 110 Å². The Balaban J connectivity index is 1.73. The number of thioether (sulfide) groups is 1. The molecule has 0 aliphatic carbocycles. The van der Waals surface area contributed by atoms with Gasteiger partial charge in [0, 0.05) is 11.4 Å². The fourth-order valence-electron chi connectivity index (χ4n) is 1.52. The van der Waals surface area contributed by atoms with Crippen molar-refractivity contribution < 1.29 is 0 Å². The van der Waals surface area contributed by atoms with Crippen LogP contribution in [0.2, 0.25) is 0 Å². The summed E-state index contributed by atoms with van der Waals surface area (Å²) < 4.78 is 5.22. The molecule has 90 valence electrons. The van der Waals surface area contributed by atoms with E-state index in [4.69, 9.17) is 5.73 Å². The molecule has 0 amide bonds. The molecule has 0 aliphatic rings. The van der Waals surface area contributed by atoms with Crippen LogP contribution in [0.15, 0.2) is 28.6 Å². The normalized spacial score (nSPS) is 10.6. The number of aromatic nitrogens is 2. The molecule has 2 rings (SSSR count). The highest BCUT2D eigenvalue weighted by atomic mass is 32.2. The predicted molar refractivity (Wildman–Crippen MR) is 74.5 cm³/mol. The molecule has 0 aliphatic heterocycles. The van der Waals surface area contributed by atoms with Crippen molar-refractivity contribution in [2.24, 2.45) is 0 Å². The lowest BCUT2D eigenvalue weighted by Gasteiger charge is -2.01. The van der Waals surface area contributed by atoms with Crippen LogP contribution in [0.3, 0.4) is 0 Å². The highest BCUT2D eigenvalue weighted by molar-refractivity contribution is 8.00. The lowest BCUT2D eigenvalue weighted by Crippen LogP contribution is -1.90. The zero-order valence-corrected chi connectivity index (χ0v) is 11.4. The first-order valence-corrected chi connectivity index (χ1v) is 7.27. The van der Waals surface area contributed by atoms with E-state index in [0.29, 0.717) is 0 Å². The van der Waals surface area contributed by atoms with Gasteiger partial charge in [0.15, 0.2) is 4.34 Å². The highest BCUT2D eigenvalue weighted by Crippen LogP contribution is 2.21. The van der Waals surface area contributed by atoms with Crippen molar-refractivity contribution in [3.63, 3.8) is 0 Å². The van der Waals surface area contributed by atoms with Crippen LogP contribution in [0.4, 0.5) is 5.69 Å². The van der Waals surface area contributed by atoms with Gasteiger partial charge >= 0.3 is 0 Å². The first-order chi connectivity index (χ1) is 8.24. The fraction of sp³-hybridized carbons (Fsp3) is 0.333. The monoisotopic (exact) mass is 265 g/mol. The zero-order valence-electron chi connectivity index (χ0n) is 9.72. The number of nitrogens with zero attached hydrogens (tertiary/aromatic N) is 2. The van der Waals surface area contributed by atoms with Gasteiger partial charge in [-0.15, -0.1) is 0 Å². The molecule has 1 heterocycles. The van der Waals surface area contributed by atoms with Gasteiger partial charge in [-0.1, -0.05) is 23.9 Å². The summed E-state index contributed by atoms with van der Waals surface area (Å²) in [6.45, 7) is 1.92. The van der Waals surface area contributed by atoms with E-state index in [2.05, 4.69) is 15.4 Å². The molecule has 0 radical (unpaired) electrons. The summed E-state index contributed by atoms with van der Waals surface area (Å²) in [7, 11) is 0. The largest absolute Gasteiger partial charge is 0.399 e. The minimum Gasteiger partial charge on any atom is -0.399 e. The average molecular weight is 265 g/mol. The Kier molecular flexibility index (Phi) is 4.39.